The van der Waals surface area contributed by atoms with E-state index in [1.807, 2.05) is 0 Å². The predicted molar refractivity (Wildman–Crippen MR) is 253 cm³/mol. The van der Waals surface area contributed by atoms with Crippen LogP contribution in [0.25, 0.3) is 87.6 Å². The molecule has 0 unspecified atom stereocenters. The molecular formula is C58H39N. The fourth-order valence-electron chi connectivity index (χ4n) is 9.00. The molecule has 11 aromatic rings. The molecule has 0 N–H and O–H groups in total. The summed E-state index contributed by atoms with van der Waals surface area (Å²) in [6.07, 6.45) is 0. The fourth-order valence-corrected chi connectivity index (χ4v) is 9.00. The second-order valence-electron chi connectivity index (χ2n) is 15.3. The van der Waals surface area contributed by atoms with Gasteiger partial charge >= 0.3 is 0 Å². The molecule has 0 atom stereocenters. The third-order valence-corrected chi connectivity index (χ3v) is 11.8. The first-order valence-electron chi connectivity index (χ1n) is 20.3. The van der Waals surface area contributed by atoms with Gasteiger partial charge in [0.1, 0.15) is 0 Å². The van der Waals surface area contributed by atoms with Crippen molar-refractivity contribution >= 4 is 60.2 Å². The summed E-state index contributed by atoms with van der Waals surface area (Å²) in [6, 6.07) is 86.3. The largest absolute Gasteiger partial charge is 0.310 e. The lowest BCUT2D eigenvalue weighted by Gasteiger charge is -2.29. The standard InChI is InChI=1S/C58H39N/c1-2-15-40(16-3-1)41-29-31-42(32-30-41)43-33-35-47(36-34-43)59(48-20-14-19-44(37-48)56-38-45-17-4-6-21-49(45)51-23-8-10-25-53(51)56)58-28-13-12-27-55(58)57-39-46-18-5-7-22-50(46)52-24-9-11-26-54(52)57/h1-39H. The predicted octanol–water partition coefficient (Wildman–Crippen LogP) is 16.4. The molecule has 0 saturated carbocycles. The molecule has 0 bridgehead atoms. The summed E-state index contributed by atoms with van der Waals surface area (Å²) in [7, 11) is 0. The molecule has 0 saturated heterocycles. The number of para-hydroxylation sites is 1. The maximum Gasteiger partial charge on any atom is 0.0540 e. The van der Waals surface area contributed by atoms with Crippen molar-refractivity contribution in [1.82, 2.24) is 0 Å². The first kappa shape index (κ1) is 34.5. The van der Waals surface area contributed by atoms with Gasteiger partial charge in [-0.3, -0.25) is 0 Å². The first-order valence-corrected chi connectivity index (χ1v) is 20.3. The molecule has 0 heterocycles. The zero-order valence-electron chi connectivity index (χ0n) is 32.5. The summed E-state index contributed by atoms with van der Waals surface area (Å²) in [5.41, 5.74) is 12.9. The van der Waals surface area contributed by atoms with Crippen LogP contribution in [0.15, 0.2) is 237 Å². The molecule has 0 aliphatic heterocycles. The number of hydrogen-bond donors (Lipinski definition) is 0. The van der Waals surface area contributed by atoms with E-state index in [-0.39, 0.29) is 0 Å². The highest BCUT2D eigenvalue weighted by Gasteiger charge is 2.20. The molecule has 1 heteroatoms. The fraction of sp³-hybridized carbons (Fsp3) is 0. The van der Waals surface area contributed by atoms with Crippen LogP contribution in [-0.4, -0.2) is 0 Å². The lowest BCUT2D eigenvalue weighted by Crippen LogP contribution is -2.11. The van der Waals surface area contributed by atoms with Crippen LogP contribution in [0, 0.1) is 0 Å². The van der Waals surface area contributed by atoms with E-state index in [1.165, 1.54) is 87.6 Å². The highest BCUT2D eigenvalue weighted by molar-refractivity contribution is 6.16. The van der Waals surface area contributed by atoms with Crippen molar-refractivity contribution < 1.29 is 0 Å². The summed E-state index contributed by atoms with van der Waals surface area (Å²) in [5.74, 6) is 0. The van der Waals surface area contributed by atoms with Gasteiger partial charge < -0.3 is 4.90 Å². The maximum atomic E-state index is 2.44. The Morgan fingerprint density at radius 1 is 0.220 bits per heavy atom. The van der Waals surface area contributed by atoms with Crippen LogP contribution in [0.3, 0.4) is 0 Å². The Bertz CT molecular complexity index is 3310. The van der Waals surface area contributed by atoms with Gasteiger partial charge in [-0.15, -0.1) is 0 Å². The van der Waals surface area contributed by atoms with Crippen molar-refractivity contribution in [3.63, 3.8) is 0 Å². The van der Waals surface area contributed by atoms with Crippen molar-refractivity contribution in [2.45, 2.75) is 0 Å². The Labute approximate surface area is 344 Å². The third kappa shape index (κ3) is 6.21. The van der Waals surface area contributed by atoms with E-state index in [4.69, 9.17) is 0 Å². The Kier molecular flexibility index (Phi) is 8.56. The quantitative estimate of drug-likeness (QED) is 0.147. The van der Waals surface area contributed by atoms with Crippen LogP contribution in [0.4, 0.5) is 17.1 Å². The van der Waals surface area contributed by atoms with Crippen molar-refractivity contribution in [3.05, 3.63) is 237 Å². The lowest BCUT2D eigenvalue weighted by molar-refractivity contribution is 1.28. The number of hydrogen-bond acceptors (Lipinski definition) is 1. The van der Waals surface area contributed by atoms with E-state index in [1.54, 1.807) is 0 Å². The second-order valence-corrected chi connectivity index (χ2v) is 15.3. The number of rotatable bonds is 7. The van der Waals surface area contributed by atoms with Crippen LogP contribution in [0.2, 0.25) is 0 Å². The molecule has 0 fully saturated rings. The summed E-state index contributed by atoms with van der Waals surface area (Å²) >= 11 is 0. The number of nitrogens with zero attached hydrogens (tertiary/aromatic N) is 1. The summed E-state index contributed by atoms with van der Waals surface area (Å²) in [6.45, 7) is 0. The highest BCUT2D eigenvalue weighted by atomic mass is 15.1. The number of anilines is 3. The van der Waals surface area contributed by atoms with Crippen LogP contribution < -0.4 is 4.90 Å². The highest BCUT2D eigenvalue weighted by Crippen LogP contribution is 2.46. The van der Waals surface area contributed by atoms with E-state index < -0.39 is 0 Å². The van der Waals surface area contributed by atoms with Gasteiger partial charge in [-0.1, -0.05) is 194 Å². The zero-order valence-corrected chi connectivity index (χ0v) is 32.5. The summed E-state index contributed by atoms with van der Waals surface area (Å²) in [5, 5.41) is 10.0. The molecule has 11 rings (SSSR count). The SMILES string of the molecule is c1ccc(-c2ccc(-c3ccc(N(c4cccc(-c5cc6ccccc6c6ccccc56)c4)c4ccccc4-c4cc5ccccc5c5ccccc45)cc3)cc2)cc1. The summed E-state index contributed by atoms with van der Waals surface area (Å²) < 4.78 is 0. The van der Waals surface area contributed by atoms with E-state index in [2.05, 4.69) is 241 Å². The minimum Gasteiger partial charge on any atom is -0.310 e. The van der Waals surface area contributed by atoms with E-state index in [9.17, 15) is 0 Å². The minimum absolute atomic E-state index is 1.09. The van der Waals surface area contributed by atoms with Gasteiger partial charge in [0, 0.05) is 16.9 Å². The van der Waals surface area contributed by atoms with Gasteiger partial charge in [0.15, 0.2) is 0 Å². The molecule has 0 aliphatic carbocycles. The smallest absolute Gasteiger partial charge is 0.0540 e. The molecule has 0 amide bonds. The Balaban J connectivity index is 1.09. The van der Waals surface area contributed by atoms with E-state index >= 15 is 0 Å². The molecule has 0 radical (unpaired) electrons. The lowest BCUT2D eigenvalue weighted by atomic mass is 9.91. The topological polar surface area (TPSA) is 3.24 Å². The Morgan fingerprint density at radius 3 is 1.29 bits per heavy atom. The van der Waals surface area contributed by atoms with Gasteiger partial charge in [-0.05, 0) is 124 Å². The maximum absolute atomic E-state index is 2.44. The Hall–Kier alpha value is -7.74. The first-order chi connectivity index (χ1) is 29.3. The molecule has 276 valence electrons. The Morgan fingerprint density at radius 2 is 0.661 bits per heavy atom. The third-order valence-electron chi connectivity index (χ3n) is 11.8. The molecular weight excluding hydrogens is 711 g/mol. The number of fused-ring (bicyclic) bond motifs is 6. The van der Waals surface area contributed by atoms with Crippen LogP contribution in [0.1, 0.15) is 0 Å². The molecule has 0 spiro atoms. The van der Waals surface area contributed by atoms with Crippen LogP contribution in [0.5, 0.6) is 0 Å². The average molecular weight is 750 g/mol. The van der Waals surface area contributed by atoms with E-state index in [0.29, 0.717) is 0 Å². The van der Waals surface area contributed by atoms with E-state index in [0.717, 1.165) is 17.1 Å². The van der Waals surface area contributed by atoms with Gasteiger partial charge in [-0.2, -0.15) is 0 Å². The second kappa shape index (κ2) is 14.6. The van der Waals surface area contributed by atoms with Gasteiger partial charge in [0.25, 0.3) is 0 Å². The average Bonchev–Trinajstić information content (AvgIpc) is 3.32. The van der Waals surface area contributed by atoms with Gasteiger partial charge in [-0.25, -0.2) is 0 Å². The van der Waals surface area contributed by atoms with Gasteiger partial charge in [0.2, 0.25) is 0 Å². The normalized spacial score (nSPS) is 11.4. The van der Waals surface area contributed by atoms with Crippen LogP contribution in [-0.2, 0) is 0 Å². The van der Waals surface area contributed by atoms with Crippen molar-refractivity contribution in [2.24, 2.45) is 0 Å². The van der Waals surface area contributed by atoms with Crippen molar-refractivity contribution in [2.75, 3.05) is 4.90 Å². The molecule has 0 aromatic heterocycles. The summed E-state index contributed by atoms with van der Waals surface area (Å²) in [4.78, 5) is 2.44. The monoisotopic (exact) mass is 749 g/mol. The zero-order chi connectivity index (χ0) is 39.1. The van der Waals surface area contributed by atoms with Crippen molar-refractivity contribution in [3.8, 4) is 44.5 Å². The van der Waals surface area contributed by atoms with Crippen molar-refractivity contribution in [1.29, 1.82) is 0 Å². The molecule has 11 aromatic carbocycles. The van der Waals surface area contributed by atoms with Gasteiger partial charge in [0.05, 0.1) is 5.69 Å². The minimum atomic E-state index is 1.09. The molecule has 1 nitrogen and oxygen atoms in total. The molecule has 59 heavy (non-hydrogen) atoms. The number of benzene rings is 11. The molecule has 0 aliphatic rings. The van der Waals surface area contributed by atoms with Crippen LogP contribution >= 0.6 is 0 Å².